The van der Waals surface area contributed by atoms with Crippen LogP contribution in [0.4, 0.5) is 4.79 Å². The fraction of sp³-hybridized carbons (Fsp3) is 0.469. The summed E-state index contributed by atoms with van der Waals surface area (Å²) in [5.41, 5.74) is 8.85. The zero-order valence-corrected chi connectivity index (χ0v) is 38.1. The molecule has 3 aromatic carbocycles. The summed E-state index contributed by atoms with van der Waals surface area (Å²) in [6, 6.07) is 20.7. The van der Waals surface area contributed by atoms with Crippen LogP contribution in [0.2, 0.25) is 0 Å². The van der Waals surface area contributed by atoms with Crippen molar-refractivity contribution in [3.63, 3.8) is 0 Å². The van der Waals surface area contributed by atoms with E-state index in [1.165, 1.54) is 18.3 Å². The monoisotopic (exact) mass is 859 g/mol. The van der Waals surface area contributed by atoms with Gasteiger partial charge in [-0.3, -0.25) is 14.6 Å². The van der Waals surface area contributed by atoms with Crippen LogP contribution in [0, 0.1) is 17.8 Å². The Labute approximate surface area is 370 Å². The number of hydrogen-bond acceptors (Lipinski definition) is 9. The summed E-state index contributed by atoms with van der Waals surface area (Å²) in [6.45, 7) is 14.3. The molecule has 3 unspecified atom stereocenters. The first-order valence-electron chi connectivity index (χ1n) is 22.1. The van der Waals surface area contributed by atoms with Crippen molar-refractivity contribution >= 4 is 46.1 Å². The highest BCUT2D eigenvalue weighted by atomic mass is 32.2. The van der Waals surface area contributed by atoms with Crippen molar-refractivity contribution in [3.05, 3.63) is 95.6 Å². The van der Waals surface area contributed by atoms with Crippen LogP contribution in [0.3, 0.4) is 0 Å². The number of methoxy groups -OCH3 is 1. The average molecular weight is 860 g/mol. The van der Waals surface area contributed by atoms with E-state index >= 15 is 0 Å². The zero-order valence-electron chi connectivity index (χ0n) is 37.3. The van der Waals surface area contributed by atoms with Gasteiger partial charge in [0, 0.05) is 56.3 Å². The number of nitrogens with zero attached hydrogens (tertiary/aromatic N) is 5. The first-order chi connectivity index (χ1) is 29.8. The van der Waals surface area contributed by atoms with Gasteiger partial charge in [0.1, 0.15) is 18.0 Å². The molecule has 3 amide bonds. The third kappa shape index (κ3) is 9.03. The van der Waals surface area contributed by atoms with Gasteiger partial charge < -0.3 is 29.6 Å². The lowest BCUT2D eigenvalue weighted by Crippen LogP contribution is -2.53. The van der Waals surface area contributed by atoms with Crippen LogP contribution in [0.5, 0.6) is 0 Å². The molecule has 0 bridgehead atoms. The number of hydrogen-bond donors (Lipinski definition) is 2. The predicted molar refractivity (Wildman–Crippen MR) is 246 cm³/mol. The van der Waals surface area contributed by atoms with Gasteiger partial charge in [-0.25, -0.2) is 9.78 Å². The molecule has 328 valence electrons. The van der Waals surface area contributed by atoms with E-state index in [9.17, 15) is 14.4 Å². The van der Waals surface area contributed by atoms with Gasteiger partial charge in [-0.2, -0.15) is 5.01 Å². The molecule has 4 aliphatic heterocycles. The molecule has 13 heteroatoms. The highest BCUT2D eigenvalue weighted by Gasteiger charge is 2.46. The number of rotatable bonds is 12. The summed E-state index contributed by atoms with van der Waals surface area (Å²) in [4.78, 5) is 52.2. The molecule has 0 radical (unpaired) electrons. The lowest BCUT2D eigenvalue weighted by atomic mass is 9.98. The minimum atomic E-state index is -0.719. The number of amides is 3. The van der Waals surface area contributed by atoms with Crippen LogP contribution < -0.4 is 5.32 Å². The number of carbonyl (C=O) groups is 3. The molecule has 0 saturated carbocycles. The molecule has 3 saturated heterocycles. The molecule has 2 N–H and O–H groups in total. The highest BCUT2D eigenvalue weighted by molar-refractivity contribution is 8.00. The normalized spacial score (nSPS) is 21.0. The maximum Gasteiger partial charge on any atom is 0.407 e. The van der Waals surface area contributed by atoms with E-state index in [1.54, 1.807) is 0 Å². The van der Waals surface area contributed by atoms with Crippen molar-refractivity contribution < 1.29 is 23.9 Å². The molecular weight excluding hydrogens is 799 g/mol. The summed E-state index contributed by atoms with van der Waals surface area (Å²) in [5.74, 6) is 2.36. The predicted octanol–water partition coefficient (Wildman–Crippen LogP) is 9.05. The third-order valence-electron chi connectivity index (χ3n) is 12.9. The number of H-pyrrole nitrogens is 1. The minimum absolute atomic E-state index is 0.00508. The maximum absolute atomic E-state index is 14.0. The quantitative estimate of drug-likeness (QED) is 0.134. The molecule has 5 heterocycles. The number of aromatic amines is 1. The van der Waals surface area contributed by atoms with Crippen LogP contribution in [-0.4, -0.2) is 105 Å². The zero-order chi connectivity index (χ0) is 43.8. The Morgan fingerprint density at radius 2 is 1.61 bits per heavy atom. The van der Waals surface area contributed by atoms with E-state index in [1.807, 2.05) is 36.7 Å². The Bertz CT molecular complexity index is 2360. The molecular formula is C49H61N7O5S. The van der Waals surface area contributed by atoms with E-state index in [-0.39, 0.29) is 35.3 Å². The van der Waals surface area contributed by atoms with Gasteiger partial charge in [-0.05, 0) is 90.5 Å². The van der Waals surface area contributed by atoms with Crippen LogP contribution in [0.1, 0.15) is 84.7 Å². The molecule has 1 aromatic heterocycles. The Balaban J connectivity index is 0.939. The van der Waals surface area contributed by atoms with E-state index < -0.39 is 12.1 Å². The van der Waals surface area contributed by atoms with Crippen molar-refractivity contribution in [3.8, 4) is 22.4 Å². The van der Waals surface area contributed by atoms with Crippen LogP contribution in [0.25, 0.3) is 38.9 Å². The van der Waals surface area contributed by atoms with Gasteiger partial charge in [-0.15, -0.1) is 11.8 Å². The highest BCUT2D eigenvalue weighted by Crippen LogP contribution is 2.43. The SMILES string of the molecule is COC(=O)NC(C(=O)N1CC(=C(C)C)CC1c1ncc(-c2ccc3cc(-c4ccc(C5=CN5N(C)[C@@H]5CSC(C6CCOCC6)N5C(=O)CC(C)C)cc4)ccc3c2)[nH]1)C(C)C. The van der Waals surface area contributed by atoms with Crippen molar-refractivity contribution in [2.45, 2.75) is 90.8 Å². The number of carbonyl (C=O) groups excluding carboxylic acids is 3. The number of ether oxygens (including phenoxy) is 2. The molecule has 12 nitrogen and oxygen atoms in total. The topological polar surface area (TPSA) is 123 Å². The second-order valence-electron chi connectivity index (χ2n) is 18.2. The van der Waals surface area contributed by atoms with E-state index in [4.69, 9.17) is 14.5 Å². The Hall–Kier alpha value is -5.11. The molecule has 0 aliphatic carbocycles. The number of benzene rings is 3. The summed E-state index contributed by atoms with van der Waals surface area (Å²) >= 11 is 1.93. The summed E-state index contributed by atoms with van der Waals surface area (Å²) < 4.78 is 10.5. The summed E-state index contributed by atoms with van der Waals surface area (Å²) in [7, 11) is 3.41. The number of hydrazine groups is 1. The molecule has 4 atom stereocenters. The first kappa shape index (κ1) is 43.5. The standard InChI is InChI=1S/C49H61N7O5S/c1-29(2)21-44(57)56-43(28-62-48(56)34-17-19-61-20-18-34)53(7)55-27-42(55)33-11-9-32(10-12-33)35-13-14-37-23-38(16-15-36(37)22-35)40-25-50-46(51-40)41-24-39(30(3)4)26-54(41)47(58)45(31(5)6)52-49(59)60-8/h9-16,22-23,25,27,29,31,34,41,43,45,48H,17-21,24,26,28H2,1-8H3,(H,50,51)(H,52,59)/t41?,43-,45?,48?,55?/m0/s1. The third-order valence-corrected chi connectivity index (χ3v) is 14.3. The van der Waals surface area contributed by atoms with E-state index in [0.29, 0.717) is 31.2 Å². The number of alkyl carbamates (subject to hydrolysis) is 1. The summed E-state index contributed by atoms with van der Waals surface area (Å²) in [6.07, 6.45) is 6.64. The molecule has 4 aliphatic rings. The van der Waals surface area contributed by atoms with Gasteiger partial charge in [0.15, 0.2) is 0 Å². The van der Waals surface area contributed by atoms with Gasteiger partial charge in [0.05, 0.1) is 36.1 Å². The molecule has 4 aromatic rings. The van der Waals surface area contributed by atoms with Crippen LogP contribution >= 0.6 is 11.8 Å². The Morgan fingerprint density at radius 1 is 0.952 bits per heavy atom. The largest absolute Gasteiger partial charge is 0.453 e. The lowest BCUT2D eigenvalue weighted by Gasteiger charge is -2.39. The number of likely N-dealkylation sites (tertiary alicyclic amines) is 1. The van der Waals surface area contributed by atoms with Crippen molar-refractivity contribution in [1.82, 2.24) is 35.1 Å². The molecule has 8 rings (SSSR count). The van der Waals surface area contributed by atoms with Crippen LogP contribution in [-0.2, 0) is 19.1 Å². The van der Waals surface area contributed by atoms with E-state index in [0.717, 1.165) is 82.0 Å². The maximum atomic E-state index is 14.0. The van der Waals surface area contributed by atoms with Gasteiger partial charge in [-0.1, -0.05) is 81.8 Å². The number of fused-ring (bicyclic) bond motifs is 1. The van der Waals surface area contributed by atoms with Crippen molar-refractivity contribution in [2.75, 3.05) is 39.7 Å². The number of thioether (sulfide) groups is 1. The molecule has 0 spiro atoms. The van der Waals surface area contributed by atoms with Crippen molar-refractivity contribution in [2.24, 2.45) is 17.8 Å². The number of allylic oxidation sites excluding steroid dienone is 1. The number of nitrogens with one attached hydrogen (secondary N) is 2. The molecule has 62 heavy (non-hydrogen) atoms. The van der Waals surface area contributed by atoms with E-state index in [2.05, 4.69) is 127 Å². The van der Waals surface area contributed by atoms with Gasteiger partial charge in [0.2, 0.25) is 11.8 Å². The fourth-order valence-corrected chi connectivity index (χ4v) is 10.9. The number of imidazole rings is 1. The molecule has 3 fully saturated rings. The number of aromatic nitrogens is 2. The van der Waals surface area contributed by atoms with Crippen molar-refractivity contribution in [1.29, 1.82) is 0 Å². The second-order valence-corrected chi connectivity index (χ2v) is 19.3. The van der Waals surface area contributed by atoms with Gasteiger partial charge >= 0.3 is 6.09 Å². The summed E-state index contributed by atoms with van der Waals surface area (Å²) in [5, 5.41) is 9.64. The lowest BCUT2D eigenvalue weighted by molar-refractivity contribution is -0.142. The second kappa shape index (κ2) is 18.3. The Kier molecular flexibility index (Phi) is 12.9. The van der Waals surface area contributed by atoms with Gasteiger partial charge in [0.25, 0.3) is 0 Å². The average Bonchev–Trinajstić information content (AvgIpc) is 3.57. The Morgan fingerprint density at radius 3 is 2.27 bits per heavy atom. The minimum Gasteiger partial charge on any atom is -0.453 e. The first-order valence-corrected chi connectivity index (χ1v) is 23.1. The smallest absolute Gasteiger partial charge is 0.407 e. The van der Waals surface area contributed by atoms with Crippen LogP contribution in [0.15, 0.2) is 84.2 Å². The fourth-order valence-electron chi connectivity index (χ4n) is 9.15.